The highest BCUT2D eigenvalue weighted by atomic mass is 32.1. The lowest BCUT2D eigenvalue weighted by molar-refractivity contribution is 0.183. The molecule has 176 valence electrons. The maximum absolute atomic E-state index is 13.4. The molecule has 1 aliphatic rings. The van der Waals surface area contributed by atoms with Crippen LogP contribution in [0.4, 0.5) is 4.39 Å². The Balaban J connectivity index is 1.39. The van der Waals surface area contributed by atoms with Crippen LogP contribution in [0, 0.1) is 5.82 Å². The highest BCUT2D eigenvalue weighted by molar-refractivity contribution is 7.19. The van der Waals surface area contributed by atoms with Crippen LogP contribution in [0.15, 0.2) is 66.7 Å². The summed E-state index contributed by atoms with van der Waals surface area (Å²) in [7, 11) is 1.69. The molecule has 0 saturated carbocycles. The van der Waals surface area contributed by atoms with Gasteiger partial charge in [0.05, 0.1) is 7.11 Å². The van der Waals surface area contributed by atoms with Crippen molar-refractivity contribution in [2.75, 3.05) is 33.4 Å². The number of hydrogen-bond acceptors (Lipinski definition) is 4. The second kappa shape index (κ2) is 10.6. The highest BCUT2D eigenvalue weighted by Crippen LogP contribution is 2.41. The summed E-state index contributed by atoms with van der Waals surface area (Å²) < 4.78 is 26.1. The summed E-state index contributed by atoms with van der Waals surface area (Å²) in [5, 5.41) is 1.21. The topological polar surface area (TPSA) is 21.7 Å². The van der Waals surface area contributed by atoms with Crippen molar-refractivity contribution in [3.8, 4) is 22.6 Å². The lowest BCUT2D eigenvalue weighted by atomic mass is 9.99. The summed E-state index contributed by atoms with van der Waals surface area (Å²) in [4.78, 5) is 3.75. The molecule has 0 unspecified atom stereocenters. The van der Waals surface area contributed by atoms with E-state index < -0.39 is 0 Å². The zero-order chi connectivity index (χ0) is 23.3. The number of likely N-dealkylation sites (tertiary alicyclic amines) is 1. The summed E-state index contributed by atoms with van der Waals surface area (Å²) in [6, 6.07) is 21.5. The van der Waals surface area contributed by atoms with E-state index in [-0.39, 0.29) is 5.82 Å². The smallest absolute Gasteiger partial charge is 0.123 e. The van der Waals surface area contributed by atoms with Gasteiger partial charge in [-0.3, -0.25) is 4.90 Å². The van der Waals surface area contributed by atoms with Crippen molar-refractivity contribution in [3.05, 3.63) is 83.0 Å². The molecule has 3 nitrogen and oxygen atoms in total. The molecule has 1 fully saturated rings. The quantitative estimate of drug-likeness (QED) is 0.270. The average molecular weight is 476 g/mol. The summed E-state index contributed by atoms with van der Waals surface area (Å²) in [5.74, 6) is 1.55. The van der Waals surface area contributed by atoms with Gasteiger partial charge in [0.1, 0.15) is 23.9 Å². The summed E-state index contributed by atoms with van der Waals surface area (Å²) >= 11 is 1.77. The third kappa shape index (κ3) is 5.26. The Bertz CT molecular complexity index is 1230. The van der Waals surface area contributed by atoms with Gasteiger partial charge in [0, 0.05) is 33.5 Å². The van der Waals surface area contributed by atoms with E-state index >= 15 is 0 Å². The van der Waals surface area contributed by atoms with Gasteiger partial charge >= 0.3 is 0 Å². The van der Waals surface area contributed by atoms with Crippen molar-refractivity contribution >= 4 is 21.4 Å². The molecule has 5 heteroatoms. The van der Waals surface area contributed by atoms with E-state index in [1.54, 1.807) is 18.4 Å². The SMILES string of the molecule is COc1ccc2c(-c3ccc(OCCN4CCCCC4)cc3)c(Cc3ccc(F)cc3)sc2c1. The lowest BCUT2D eigenvalue weighted by Crippen LogP contribution is -2.33. The number of nitrogens with zero attached hydrogens (tertiary/aromatic N) is 1. The van der Waals surface area contributed by atoms with Crippen LogP contribution in [-0.2, 0) is 6.42 Å². The molecule has 34 heavy (non-hydrogen) atoms. The minimum Gasteiger partial charge on any atom is -0.497 e. The van der Waals surface area contributed by atoms with Gasteiger partial charge in [-0.05, 0) is 79.5 Å². The molecule has 1 aromatic heterocycles. The van der Waals surface area contributed by atoms with Crippen molar-refractivity contribution in [3.63, 3.8) is 0 Å². The molecule has 1 saturated heterocycles. The third-order valence-electron chi connectivity index (χ3n) is 6.52. The van der Waals surface area contributed by atoms with E-state index in [0.29, 0.717) is 0 Å². The molecular formula is C29H30FNO2S. The first-order valence-electron chi connectivity index (χ1n) is 12.0. The van der Waals surface area contributed by atoms with Crippen LogP contribution in [0.1, 0.15) is 29.7 Å². The minimum absolute atomic E-state index is 0.207. The van der Waals surface area contributed by atoms with Crippen LogP contribution in [0.25, 0.3) is 21.2 Å². The summed E-state index contributed by atoms with van der Waals surface area (Å²) in [5.41, 5.74) is 3.49. The standard InChI is InChI=1S/C29H30FNO2S/c1-32-25-13-14-26-27(20-25)34-28(19-21-5-9-23(30)10-6-21)29(26)22-7-11-24(12-8-22)33-18-17-31-15-3-2-4-16-31/h5-14,20H,2-4,15-19H2,1H3. The monoisotopic (exact) mass is 475 g/mol. The molecule has 0 N–H and O–H groups in total. The second-order valence-corrected chi connectivity index (χ2v) is 9.98. The number of ether oxygens (including phenoxy) is 2. The molecule has 4 aromatic rings. The van der Waals surface area contributed by atoms with Crippen molar-refractivity contribution in [1.82, 2.24) is 4.90 Å². The van der Waals surface area contributed by atoms with E-state index in [9.17, 15) is 4.39 Å². The Kier molecular flexibility index (Phi) is 7.12. The first kappa shape index (κ1) is 22.9. The van der Waals surface area contributed by atoms with Gasteiger partial charge in [-0.2, -0.15) is 0 Å². The Labute approximate surface area is 204 Å². The van der Waals surface area contributed by atoms with Gasteiger partial charge in [0.15, 0.2) is 0 Å². The van der Waals surface area contributed by atoms with Crippen LogP contribution in [0.5, 0.6) is 11.5 Å². The molecule has 0 amide bonds. The van der Waals surface area contributed by atoms with Gasteiger partial charge in [-0.25, -0.2) is 4.39 Å². The van der Waals surface area contributed by atoms with E-state index in [0.717, 1.165) is 42.2 Å². The molecule has 0 bridgehead atoms. The van der Waals surface area contributed by atoms with Crippen LogP contribution in [0.3, 0.4) is 0 Å². The normalized spacial score (nSPS) is 14.4. The number of benzene rings is 3. The first-order valence-corrected chi connectivity index (χ1v) is 12.8. The fourth-order valence-corrected chi connectivity index (χ4v) is 5.97. The fraction of sp³-hybridized carbons (Fsp3) is 0.310. The molecule has 0 atom stereocenters. The molecule has 0 radical (unpaired) electrons. The van der Waals surface area contributed by atoms with E-state index in [2.05, 4.69) is 41.3 Å². The lowest BCUT2D eigenvalue weighted by Gasteiger charge is -2.26. The van der Waals surface area contributed by atoms with Crippen LogP contribution >= 0.6 is 11.3 Å². The predicted octanol–water partition coefficient (Wildman–Crippen LogP) is 7.17. The van der Waals surface area contributed by atoms with Gasteiger partial charge in [-0.1, -0.05) is 30.7 Å². The van der Waals surface area contributed by atoms with E-state index in [1.807, 2.05) is 18.2 Å². The third-order valence-corrected chi connectivity index (χ3v) is 7.67. The maximum Gasteiger partial charge on any atom is 0.123 e. The highest BCUT2D eigenvalue weighted by Gasteiger charge is 2.16. The van der Waals surface area contributed by atoms with Gasteiger partial charge in [-0.15, -0.1) is 11.3 Å². The van der Waals surface area contributed by atoms with Crippen molar-refractivity contribution in [1.29, 1.82) is 0 Å². The molecular weight excluding hydrogens is 445 g/mol. The van der Waals surface area contributed by atoms with Crippen LogP contribution in [0.2, 0.25) is 0 Å². The van der Waals surface area contributed by atoms with Crippen molar-refractivity contribution in [2.24, 2.45) is 0 Å². The molecule has 0 spiro atoms. The Hall–Kier alpha value is -2.89. The van der Waals surface area contributed by atoms with Crippen molar-refractivity contribution in [2.45, 2.75) is 25.7 Å². The number of halogens is 1. The van der Waals surface area contributed by atoms with Crippen LogP contribution < -0.4 is 9.47 Å². The second-order valence-electron chi connectivity index (χ2n) is 8.84. The average Bonchev–Trinajstić information content (AvgIpc) is 3.23. The molecule has 0 aliphatic carbocycles. The molecule has 2 heterocycles. The number of hydrogen-bond donors (Lipinski definition) is 0. The summed E-state index contributed by atoms with van der Waals surface area (Å²) in [6.07, 6.45) is 4.71. The molecule has 3 aromatic carbocycles. The Morgan fingerprint density at radius 1 is 0.882 bits per heavy atom. The van der Waals surface area contributed by atoms with Crippen molar-refractivity contribution < 1.29 is 13.9 Å². The van der Waals surface area contributed by atoms with Gasteiger partial charge in [0.2, 0.25) is 0 Å². The molecule has 1 aliphatic heterocycles. The number of methoxy groups -OCH3 is 1. The Morgan fingerprint density at radius 2 is 1.62 bits per heavy atom. The summed E-state index contributed by atoms with van der Waals surface area (Å²) in [6.45, 7) is 4.08. The van der Waals surface area contributed by atoms with E-state index in [4.69, 9.17) is 9.47 Å². The first-order chi connectivity index (χ1) is 16.7. The Morgan fingerprint density at radius 3 is 2.35 bits per heavy atom. The van der Waals surface area contributed by atoms with Gasteiger partial charge < -0.3 is 9.47 Å². The van der Waals surface area contributed by atoms with E-state index in [1.165, 1.54) is 65.0 Å². The maximum atomic E-state index is 13.4. The minimum atomic E-state index is -0.207. The molecule has 5 rings (SSSR count). The van der Waals surface area contributed by atoms with Gasteiger partial charge in [0.25, 0.3) is 0 Å². The van der Waals surface area contributed by atoms with Crippen LogP contribution in [-0.4, -0.2) is 38.3 Å². The fourth-order valence-electron chi connectivity index (χ4n) is 4.68. The predicted molar refractivity (Wildman–Crippen MR) is 139 cm³/mol. The zero-order valence-electron chi connectivity index (χ0n) is 19.6. The number of rotatable bonds is 8. The number of piperidine rings is 1. The number of thiophene rings is 1. The number of fused-ring (bicyclic) bond motifs is 1. The zero-order valence-corrected chi connectivity index (χ0v) is 20.4. The largest absolute Gasteiger partial charge is 0.497 e.